The molecular weight excluding hydrogens is 218 g/mol. The van der Waals surface area contributed by atoms with Crippen molar-refractivity contribution in [2.75, 3.05) is 11.4 Å². The minimum Gasteiger partial charge on any atom is -0.369 e. The van der Waals surface area contributed by atoms with Crippen molar-refractivity contribution in [3.63, 3.8) is 0 Å². The molecule has 0 aromatic heterocycles. The van der Waals surface area contributed by atoms with Gasteiger partial charge in [-0.05, 0) is 38.8 Å². The van der Waals surface area contributed by atoms with E-state index in [0.29, 0.717) is 11.9 Å². The van der Waals surface area contributed by atoms with Crippen LogP contribution in [0.5, 0.6) is 0 Å². The lowest BCUT2D eigenvalue weighted by Gasteiger charge is -2.30. The average molecular weight is 240 g/mol. The van der Waals surface area contributed by atoms with Gasteiger partial charge in [0.1, 0.15) is 0 Å². The molecule has 0 heterocycles. The molecule has 0 amide bonds. The van der Waals surface area contributed by atoms with Crippen molar-refractivity contribution in [2.24, 2.45) is 0 Å². The first-order valence-electron chi connectivity index (χ1n) is 6.02. The summed E-state index contributed by atoms with van der Waals surface area (Å²) in [6.45, 7) is 9.87. The van der Waals surface area contributed by atoms with Crippen LogP contribution in [0.25, 0.3) is 0 Å². The number of aryl methyl sites for hydroxylation is 1. The van der Waals surface area contributed by atoms with Gasteiger partial charge < -0.3 is 4.90 Å². The number of benzene rings is 1. The van der Waals surface area contributed by atoms with Crippen LogP contribution in [-0.2, 0) is 5.88 Å². The number of alkyl halides is 1. The van der Waals surface area contributed by atoms with Crippen LogP contribution in [0, 0.1) is 6.92 Å². The van der Waals surface area contributed by atoms with E-state index in [4.69, 9.17) is 11.6 Å². The second-order valence-electron chi connectivity index (χ2n) is 4.55. The van der Waals surface area contributed by atoms with E-state index in [1.807, 2.05) is 0 Å². The first kappa shape index (κ1) is 13.4. The second-order valence-corrected chi connectivity index (χ2v) is 4.82. The van der Waals surface area contributed by atoms with Gasteiger partial charge in [0.25, 0.3) is 0 Å². The van der Waals surface area contributed by atoms with Crippen molar-refractivity contribution in [3.8, 4) is 0 Å². The molecule has 0 saturated carbocycles. The molecule has 1 aromatic rings. The topological polar surface area (TPSA) is 3.24 Å². The van der Waals surface area contributed by atoms with Crippen molar-refractivity contribution >= 4 is 17.3 Å². The Morgan fingerprint density at radius 3 is 2.50 bits per heavy atom. The molecule has 0 bridgehead atoms. The Bertz CT molecular complexity index is 334. The van der Waals surface area contributed by atoms with E-state index in [-0.39, 0.29) is 0 Å². The Labute approximate surface area is 104 Å². The normalized spacial score (nSPS) is 10.9. The van der Waals surface area contributed by atoms with Crippen molar-refractivity contribution in [1.29, 1.82) is 0 Å². The van der Waals surface area contributed by atoms with Gasteiger partial charge >= 0.3 is 0 Å². The van der Waals surface area contributed by atoms with Crippen molar-refractivity contribution in [1.82, 2.24) is 0 Å². The molecule has 0 spiro atoms. The maximum Gasteiger partial charge on any atom is 0.0494 e. The van der Waals surface area contributed by atoms with Gasteiger partial charge in [0.15, 0.2) is 0 Å². The Balaban J connectivity index is 3.07. The highest BCUT2D eigenvalue weighted by atomic mass is 35.5. The Morgan fingerprint density at radius 2 is 2.00 bits per heavy atom. The number of rotatable bonds is 5. The maximum absolute atomic E-state index is 6.03. The smallest absolute Gasteiger partial charge is 0.0494 e. The number of halogens is 1. The molecule has 90 valence electrons. The molecule has 1 nitrogen and oxygen atoms in total. The predicted octanol–water partition coefficient (Wildman–Crippen LogP) is 4.36. The summed E-state index contributed by atoms with van der Waals surface area (Å²) >= 11 is 6.03. The lowest BCUT2D eigenvalue weighted by atomic mass is 10.1. The third-order valence-corrected chi connectivity index (χ3v) is 3.06. The third-order valence-electron chi connectivity index (χ3n) is 2.78. The molecule has 16 heavy (non-hydrogen) atoms. The van der Waals surface area contributed by atoms with Gasteiger partial charge in [0, 0.05) is 24.2 Å². The van der Waals surface area contributed by atoms with Crippen molar-refractivity contribution in [3.05, 3.63) is 29.3 Å². The molecule has 0 unspecified atom stereocenters. The zero-order valence-corrected chi connectivity index (χ0v) is 11.5. The van der Waals surface area contributed by atoms with Crippen LogP contribution in [0.15, 0.2) is 18.2 Å². The second kappa shape index (κ2) is 6.15. The highest BCUT2D eigenvalue weighted by Crippen LogP contribution is 2.25. The molecular formula is C14H22ClN. The lowest BCUT2D eigenvalue weighted by molar-refractivity contribution is 0.669. The van der Waals surface area contributed by atoms with E-state index in [1.54, 1.807) is 0 Å². The predicted molar refractivity (Wildman–Crippen MR) is 73.5 cm³/mol. The minimum absolute atomic E-state index is 0.518. The largest absolute Gasteiger partial charge is 0.369 e. The van der Waals surface area contributed by atoms with Crippen LogP contribution in [0.1, 0.15) is 38.3 Å². The average Bonchev–Trinajstić information content (AvgIpc) is 2.26. The van der Waals surface area contributed by atoms with E-state index in [2.05, 4.69) is 50.8 Å². The molecule has 0 saturated heterocycles. The molecule has 0 N–H and O–H groups in total. The maximum atomic E-state index is 6.03. The van der Waals surface area contributed by atoms with Crippen molar-refractivity contribution in [2.45, 2.75) is 46.0 Å². The van der Waals surface area contributed by atoms with Crippen LogP contribution in [0.4, 0.5) is 5.69 Å². The van der Waals surface area contributed by atoms with Crippen LogP contribution in [0.3, 0.4) is 0 Å². The Morgan fingerprint density at radius 1 is 1.31 bits per heavy atom. The van der Waals surface area contributed by atoms with Gasteiger partial charge in [-0.15, -0.1) is 11.6 Å². The summed E-state index contributed by atoms with van der Waals surface area (Å²) in [7, 11) is 0. The molecule has 1 aromatic carbocycles. The fraction of sp³-hybridized carbons (Fsp3) is 0.571. The summed E-state index contributed by atoms with van der Waals surface area (Å²) in [6.07, 6.45) is 1.16. The van der Waals surface area contributed by atoms with Gasteiger partial charge in [0.2, 0.25) is 0 Å². The molecule has 0 atom stereocenters. The molecule has 0 aliphatic rings. The van der Waals surface area contributed by atoms with Crippen LogP contribution in [-0.4, -0.2) is 12.6 Å². The summed E-state index contributed by atoms with van der Waals surface area (Å²) in [4.78, 5) is 2.43. The van der Waals surface area contributed by atoms with Crippen LogP contribution < -0.4 is 4.90 Å². The summed E-state index contributed by atoms with van der Waals surface area (Å²) < 4.78 is 0. The SMILES string of the molecule is CCCN(c1ccc(C)cc1CCl)C(C)C. The first-order valence-corrected chi connectivity index (χ1v) is 6.55. The number of nitrogens with zero attached hydrogens (tertiary/aromatic N) is 1. The van der Waals surface area contributed by atoms with Crippen LogP contribution in [0.2, 0.25) is 0 Å². The summed E-state index contributed by atoms with van der Waals surface area (Å²) in [5.41, 5.74) is 3.81. The summed E-state index contributed by atoms with van der Waals surface area (Å²) in [5, 5.41) is 0. The van der Waals surface area contributed by atoms with Gasteiger partial charge in [-0.25, -0.2) is 0 Å². The van der Waals surface area contributed by atoms with Gasteiger partial charge in [-0.3, -0.25) is 0 Å². The molecule has 1 rings (SSSR count). The fourth-order valence-electron chi connectivity index (χ4n) is 2.00. The fourth-order valence-corrected chi connectivity index (χ4v) is 2.21. The van der Waals surface area contributed by atoms with Gasteiger partial charge in [-0.2, -0.15) is 0 Å². The van der Waals surface area contributed by atoms with Crippen molar-refractivity contribution < 1.29 is 0 Å². The highest BCUT2D eigenvalue weighted by molar-refractivity contribution is 6.17. The number of hydrogen-bond acceptors (Lipinski definition) is 1. The number of anilines is 1. The first-order chi connectivity index (χ1) is 7.60. The van der Waals surface area contributed by atoms with E-state index < -0.39 is 0 Å². The Hall–Kier alpha value is -0.690. The highest BCUT2D eigenvalue weighted by Gasteiger charge is 2.13. The zero-order valence-electron chi connectivity index (χ0n) is 10.8. The van der Waals surface area contributed by atoms with Gasteiger partial charge in [-0.1, -0.05) is 24.6 Å². The van der Waals surface area contributed by atoms with E-state index in [9.17, 15) is 0 Å². The van der Waals surface area contributed by atoms with E-state index in [0.717, 1.165) is 13.0 Å². The van der Waals surface area contributed by atoms with Gasteiger partial charge in [0.05, 0.1) is 0 Å². The molecule has 0 radical (unpaired) electrons. The van der Waals surface area contributed by atoms with Crippen LogP contribution >= 0.6 is 11.6 Å². The number of hydrogen-bond donors (Lipinski definition) is 0. The lowest BCUT2D eigenvalue weighted by Crippen LogP contribution is -2.32. The molecule has 2 heteroatoms. The van der Waals surface area contributed by atoms with E-state index >= 15 is 0 Å². The zero-order chi connectivity index (χ0) is 12.1. The molecule has 0 aliphatic carbocycles. The summed E-state index contributed by atoms with van der Waals surface area (Å²) in [6, 6.07) is 7.07. The third kappa shape index (κ3) is 3.15. The standard InChI is InChI=1S/C14H22ClN/c1-5-8-16(11(2)3)14-7-6-12(4)9-13(14)10-15/h6-7,9,11H,5,8,10H2,1-4H3. The molecule has 0 fully saturated rings. The quantitative estimate of drug-likeness (QED) is 0.691. The monoisotopic (exact) mass is 239 g/mol. The molecule has 0 aliphatic heterocycles. The Kier molecular flexibility index (Phi) is 5.14. The summed E-state index contributed by atoms with van der Waals surface area (Å²) in [5.74, 6) is 0.587. The minimum atomic E-state index is 0.518. The van der Waals surface area contributed by atoms with E-state index in [1.165, 1.54) is 16.8 Å².